The van der Waals surface area contributed by atoms with E-state index >= 15 is 0 Å². The maximum absolute atomic E-state index is 11.1. The molecular weight excluding hydrogens is 190 g/mol. The van der Waals surface area contributed by atoms with Crippen molar-refractivity contribution in [3.8, 4) is 0 Å². The van der Waals surface area contributed by atoms with Crippen LogP contribution in [0.5, 0.6) is 0 Å². The third-order valence-corrected chi connectivity index (χ3v) is 2.72. The van der Waals surface area contributed by atoms with E-state index in [0.29, 0.717) is 0 Å². The Morgan fingerprint density at radius 3 is 2.87 bits per heavy atom. The van der Waals surface area contributed by atoms with Gasteiger partial charge in [0.05, 0.1) is 7.11 Å². The van der Waals surface area contributed by atoms with Crippen molar-refractivity contribution in [2.24, 2.45) is 0 Å². The van der Waals surface area contributed by atoms with Crippen LogP contribution in [0.2, 0.25) is 0 Å². The molecule has 1 saturated heterocycles. The van der Waals surface area contributed by atoms with Crippen molar-refractivity contribution in [1.82, 2.24) is 4.90 Å². The van der Waals surface area contributed by atoms with Crippen LogP contribution < -0.4 is 0 Å². The number of hydrogen-bond acceptors (Lipinski definition) is 3. The second-order valence-electron chi connectivity index (χ2n) is 3.77. The van der Waals surface area contributed by atoms with Crippen molar-refractivity contribution >= 4 is 5.97 Å². The number of rotatable bonds is 4. The molecule has 0 aromatic heterocycles. The van der Waals surface area contributed by atoms with Crippen LogP contribution in [0.1, 0.15) is 5.56 Å². The number of carbonyl (C=O) groups excluding carboxylic acids is 1. The first kappa shape index (κ1) is 10.2. The Labute approximate surface area is 89.7 Å². The molecule has 1 aromatic carbocycles. The summed E-state index contributed by atoms with van der Waals surface area (Å²) in [5, 5.41) is 0. The SMILES string of the molecule is COC(=O)[C@@H]1CN1CCc1ccccc1. The summed E-state index contributed by atoms with van der Waals surface area (Å²) in [5.74, 6) is -0.108. The lowest BCUT2D eigenvalue weighted by Gasteiger charge is -2.02. The van der Waals surface area contributed by atoms with Gasteiger partial charge in [0, 0.05) is 13.1 Å². The molecule has 1 unspecified atom stereocenters. The fourth-order valence-electron chi connectivity index (χ4n) is 1.70. The van der Waals surface area contributed by atoms with E-state index in [1.165, 1.54) is 12.7 Å². The van der Waals surface area contributed by atoms with Crippen LogP contribution in [0.4, 0.5) is 0 Å². The highest BCUT2D eigenvalue weighted by atomic mass is 16.5. The van der Waals surface area contributed by atoms with E-state index in [0.717, 1.165) is 19.5 Å². The van der Waals surface area contributed by atoms with Crippen molar-refractivity contribution in [1.29, 1.82) is 0 Å². The molecular formula is C12H15NO2. The number of ether oxygens (including phenoxy) is 1. The largest absolute Gasteiger partial charge is 0.468 e. The number of esters is 1. The summed E-state index contributed by atoms with van der Waals surface area (Å²) in [7, 11) is 1.44. The first-order chi connectivity index (χ1) is 7.31. The van der Waals surface area contributed by atoms with Gasteiger partial charge in [-0.25, -0.2) is 0 Å². The van der Waals surface area contributed by atoms with Crippen LogP contribution in [-0.4, -0.2) is 37.1 Å². The molecule has 80 valence electrons. The Morgan fingerprint density at radius 1 is 1.47 bits per heavy atom. The van der Waals surface area contributed by atoms with Gasteiger partial charge in [-0.2, -0.15) is 0 Å². The highest BCUT2D eigenvalue weighted by molar-refractivity contribution is 5.78. The maximum Gasteiger partial charge on any atom is 0.324 e. The van der Waals surface area contributed by atoms with E-state index in [2.05, 4.69) is 21.8 Å². The zero-order valence-electron chi connectivity index (χ0n) is 8.85. The van der Waals surface area contributed by atoms with Crippen molar-refractivity contribution in [3.63, 3.8) is 0 Å². The highest BCUT2D eigenvalue weighted by Crippen LogP contribution is 2.18. The van der Waals surface area contributed by atoms with Gasteiger partial charge >= 0.3 is 5.97 Å². The molecule has 1 heterocycles. The van der Waals surface area contributed by atoms with Crippen molar-refractivity contribution in [2.75, 3.05) is 20.2 Å². The van der Waals surface area contributed by atoms with Crippen LogP contribution in [0, 0.1) is 0 Å². The van der Waals surface area contributed by atoms with Gasteiger partial charge in [-0.05, 0) is 12.0 Å². The zero-order valence-corrected chi connectivity index (χ0v) is 8.85. The molecule has 0 saturated carbocycles. The summed E-state index contributed by atoms with van der Waals surface area (Å²) >= 11 is 0. The van der Waals surface area contributed by atoms with Gasteiger partial charge in [-0.1, -0.05) is 30.3 Å². The monoisotopic (exact) mass is 205 g/mol. The molecule has 0 aliphatic carbocycles. The maximum atomic E-state index is 11.1. The quantitative estimate of drug-likeness (QED) is 0.544. The average Bonchev–Trinajstić information content (AvgIpc) is 3.06. The molecule has 0 bridgehead atoms. The average molecular weight is 205 g/mol. The normalized spacial score (nSPS) is 23.5. The number of hydrogen-bond donors (Lipinski definition) is 0. The Bertz CT molecular complexity index is 337. The molecule has 2 rings (SSSR count). The zero-order chi connectivity index (χ0) is 10.7. The molecule has 3 nitrogen and oxygen atoms in total. The number of benzene rings is 1. The second-order valence-corrected chi connectivity index (χ2v) is 3.77. The topological polar surface area (TPSA) is 29.3 Å². The predicted octanol–water partition coefficient (Wildman–Crippen LogP) is 1.09. The van der Waals surface area contributed by atoms with E-state index in [-0.39, 0.29) is 12.0 Å². The van der Waals surface area contributed by atoms with Crippen molar-refractivity contribution < 1.29 is 9.53 Å². The molecule has 0 amide bonds. The van der Waals surface area contributed by atoms with Gasteiger partial charge in [0.2, 0.25) is 0 Å². The molecule has 1 fully saturated rings. The van der Waals surface area contributed by atoms with Gasteiger partial charge in [-0.3, -0.25) is 9.69 Å². The first-order valence-electron chi connectivity index (χ1n) is 5.17. The molecule has 3 heteroatoms. The summed E-state index contributed by atoms with van der Waals surface area (Å²) in [5.41, 5.74) is 1.31. The summed E-state index contributed by atoms with van der Waals surface area (Å²) in [4.78, 5) is 13.3. The number of carbonyl (C=O) groups is 1. The third-order valence-electron chi connectivity index (χ3n) is 2.72. The summed E-state index contributed by atoms with van der Waals surface area (Å²) in [6.45, 7) is 1.78. The standard InChI is InChI=1S/C12H15NO2/c1-15-12(14)11-9-13(11)8-7-10-5-3-2-4-6-10/h2-6,11H,7-9H2,1H3/t11-,13?/m0/s1. The van der Waals surface area contributed by atoms with Gasteiger partial charge in [0.1, 0.15) is 6.04 Å². The summed E-state index contributed by atoms with van der Waals surface area (Å²) in [6, 6.07) is 10.3. The van der Waals surface area contributed by atoms with Crippen LogP contribution in [0.25, 0.3) is 0 Å². The van der Waals surface area contributed by atoms with E-state index in [9.17, 15) is 4.79 Å². The van der Waals surface area contributed by atoms with Crippen LogP contribution in [0.3, 0.4) is 0 Å². The molecule has 1 aliphatic heterocycles. The fraction of sp³-hybridized carbons (Fsp3) is 0.417. The minimum absolute atomic E-state index is 0.0127. The predicted molar refractivity (Wildman–Crippen MR) is 57.5 cm³/mol. The van der Waals surface area contributed by atoms with Gasteiger partial charge < -0.3 is 4.74 Å². The molecule has 0 radical (unpaired) electrons. The lowest BCUT2D eigenvalue weighted by Crippen LogP contribution is -2.16. The van der Waals surface area contributed by atoms with Crippen LogP contribution >= 0.6 is 0 Å². The summed E-state index contributed by atoms with van der Waals surface area (Å²) < 4.78 is 4.68. The molecule has 0 spiro atoms. The molecule has 0 N–H and O–H groups in total. The Kier molecular flexibility index (Phi) is 3.02. The lowest BCUT2D eigenvalue weighted by molar-refractivity contribution is -0.140. The molecule has 1 aromatic rings. The van der Waals surface area contributed by atoms with E-state index in [1.54, 1.807) is 0 Å². The number of nitrogens with zero attached hydrogens (tertiary/aromatic N) is 1. The molecule has 2 atom stereocenters. The summed E-state index contributed by atoms with van der Waals surface area (Å²) in [6.07, 6.45) is 0.994. The van der Waals surface area contributed by atoms with E-state index < -0.39 is 0 Å². The third kappa shape index (κ3) is 2.57. The molecule has 15 heavy (non-hydrogen) atoms. The van der Waals surface area contributed by atoms with Crippen molar-refractivity contribution in [2.45, 2.75) is 12.5 Å². The minimum Gasteiger partial charge on any atom is -0.468 e. The Morgan fingerprint density at radius 2 is 2.20 bits per heavy atom. The minimum atomic E-state index is -0.108. The lowest BCUT2D eigenvalue weighted by atomic mass is 10.1. The fourth-order valence-corrected chi connectivity index (χ4v) is 1.70. The first-order valence-corrected chi connectivity index (χ1v) is 5.17. The van der Waals surface area contributed by atoms with E-state index in [4.69, 9.17) is 0 Å². The van der Waals surface area contributed by atoms with Gasteiger partial charge in [0.15, 0.2) is 0 Å². The molecule has 1 aliphatic rings. The number of methoxy groups -OCH3 is 1. The highest BCUT2D eigenvalue weighted by Gasteiger charge is 2.40. The van der Waals surface area contributed by atoms with Gasteiger partial charge in [0.25, 0.3) is 0 Å². The van der Waals surface area contributed by atoms with Crippen molar-refractivity contribution in [3.05, 3.63) is 35.9 Å². The van der Waals surface area contributed by atoms with Crippen LogP contribution in [0.15, 0.2) is 30.3 Å². The van der Waals surface area contributed by atoms with E-state index in [1.807, 2.05) is 18.2 Å². The Hall–Kier alpha value is -1.35. The smallest absolute Gasteiger partial charge is 0.324 e. The Balaban J connectivity index is 1.75. The second kappa shape index (κ2) is 4.45. The van der Waals surface area contributed by atoms with Gasteiger partial charge in [-0.15, -0.1) is 0 Å². The van der Waals surface area contributed by atoms with Crippen LogP contribution in [-0.2, 0) is 16.0 Å².